The number of amides is 1. The first-order valence-corrected chi connectivity index (χ1v) is 8.08. The highest BCUT2D eigenvalue weighted by molar-refractivity contribution is 5.98. The lowest BCUT2D eigenvalue weighted by Gasteiger charge is -2.23. The van der Waals surface area contributed by atoms with Gasteiger partial charge in [-0.15, -0.1) is 0 Å². The second-order valence-electron chi connectivity index (χ2n) is 5.74. The summed E-state index contributed by atoms with van der Waals surface area (Å²) in [6.07, 6.45) is 0.792. The van der Waals surface area contributed by atoms with Crippen LogP contribution in [0, 0.1) is 10.1 Å². The normalized spacial score (nSPS) is 14.8. The highest BCUT2D eigenvalue weighted by Gasteiger charge is 2.18. The van der Waals surface area contributed by atoms with Crippen molar-refractivity contribution in [2.24, 2.45) is 0 Å². The number of nitro groups is 1. The first-order valence-electron chi connectivity index (χ1n) is 8.08. The molecule has 0 saturated carbocycles. The lowest BCUT2D eigenvalue weighted by atomic mass is 10.1. The van der Waals surface area contributed by atoms with Gasteiger partial charge in [0.25, 0.3) is 11.6 Å². The predicted molar refractivity (Wildman–Crippen MR) is 87.8 cm³/mol. The number of nitro benzene ring substituents is 1. The summed E-state index contributed by atoms with van der Waals surface area (Å²) in [4.78, 5) is 35.6. The van der Waals surface area contributed by atoms with Gasteiger partial charge in [-0.2, -0.15) is 0 Å². The Kier molecular flexibility index (Phi) is 6.84. The molecule has 0 atom stereocenters. The summed E-state index contributed by atoms with van der Waals surface area (Å²) in [5.41, 5.74) is -0.293. The molecule has 1 aliphatic heterocycles. The summed E-state index contributed by atoms with van der Waals surface area (Å²) in [6.45, 7) is 4.81. The van der Waals surface area contributed by atoms with Crippen molar-refractivity contribution in [1.82, 2.24) is 5.32 Å². The third kappa shape index (κ3) is 5.50. The zero-order chi connectivity index (χ0) is 18.2. The van der Waals surface area contributed by atoms with E-state index in [1.54, 1.807) is 0 Å². The van der Waals surface area contributed by atoms with Crippen LogP contribution in [0.4, 0.5) is 5.69 Å². The van der Waals surface area contributed by atoms with Crippen molar-refractivity contribution < 1.29 is 28.9 Å². The van der Waals surface area contributed by atoms with Gasteiger partial charge in [0.2, 0.25) is 0 Å². The average Bonchev–Trinajstić information content (AvgIpc) is 2.64. The number of carbonyl (C=O) groups excluding carboxylic acids is 2. The van der Waals surface area contributed by atoms with Crippen molar-refractivity contribution in [3.8, 4) is 0 Å². The first kappa shape index (κ1) is 18.8. The molecule has 0 spiro atoms. The van der Waals surface area contributed by atoms with Gasteiger partial charge in [0.1, 0.15) is 13.1 Å². The van der Waals surface area contributed by atoms with Gasteiger partial charge in [-0.05, 0) is 6.07 Å². The number of esters is 1. The van der Waals surface area contributed by atoms with E-state index < -0.39 is 16.8 Å². The molecule has 0 aliphatic carbocycles. The molecular formula is C16H22N3O6+. The third-order valence-corrected chi connectivity index (χ3v) is 4.00. The zero-order valence-corrected chi connectivity index (χ0v) is 14.1. The molecule has 1 aromatic carbocycles. The molecule has 1 heterocycles. The quantitative estimate of drug-likeness (QED) is 0.294. The summed E-state index contributed by atoms with van der Waals surface area (Å²) >= 11 is 0. The van der Waals surface area contributed by atoms with Crippen LogP contribution in [0.1, 0.15) is 27.1 Å². The van der Waals surface area contributed by atoms with Crippen LogP contribution in [0.15, 0.2) is 18.2 Å². The average molecular weight is 352 g/mol. The fraction of sp³-hybridized carbons (Fsp3) is 0.500. The van der Waals surface area contributed by atoms with Gasteiger partial charge in [0, 0.05) is 30.7 Å². The maximum atomic E-state index is 12.2. The molecule has 1 saturated heterocycles. The fourth-order valence-corrected chi connectivity index (χ4v) is 2.64. The third-order valence-electron chi connectivity index (χ3n) is 4.00. The lowest BCUT2D eigenvalue weighted by Crippen LogP contribution is -3.14. The first-order chi connectivity index (χ1) is 12.0. The van der Waals surface area contributed by atoms with Crippen LogP contribution in [0.3, 0.4) is 0 Å². The molecule has 136 valence electrons. The summed E-state index contributed by atoms with van der Waals surface area (Å²) in [6, 6.07) is 3.53. The lowest BCUT2D eigenvalue weighted by molar-refractivity contribution is -0.908. The Balaban J connectivity index is 1.94. The maximum absolute atomic E-state index is 12.2. The van der Waals surface area contributed by atoms with Crippen molar-refractivity contribution in [2.45, 2.75) is 6.42 Å². The van der Waals surface area contributed by atoms with Crippen LogP contribution in [0.5, 0.6) is 0 Å². The Morgan fingerprint density at radius 1 is 1.28 bits per heavy atom. The predicted octanol–water partition coefficient (Wildman–Crippen LogP) is -0.584. The topological polar surface area (TPSA) is 112 Å². The molecule has 1 aromatic rings. The van der Waals surface area contributed by atoms with Gasteiger partial charge in [0.05, 0.1) is 37.4 Å². The highest BCUT2D eigenvalue weighted by Crippen LogP contribution is 2.18. The molecular weight excluding hydrogens is 330 g/mol. The monoisotopic (exact) mass is 352 g/mol. The molecule has 9 nitrogen and oxygen atoms in total. The van der Waals surface area contributed by atoms with Gasteiger partial charge in [-0.3, -0.25) is 14.9 Å². The van der Waals surface area contributed by atoms with Crippen LogP contribution < -0.4 is 10.2 Å². The van der Waals surface area contributed by atoms with Crippen molar-refractivity contribution in [3.05, 3.63) is 39.4 Å². The van der Waals surface area contributed by atoms with E-state index in [9.17, 15) is 19.7 Å². The highest BCUT2D eigenvalue weighted by atomic mass is 16.6. The smallest absolute Gasteiger partial charge is 0.338 e. The minimum Gasteiger partial charge on any atom is -0.465 e. The minimum absolute atomic E-state index is 0.0281. The van der Waals surface area contributed by atoms with Crippen molar-refractivity contribution in [2.75, 3.05) is 46.5 Å². The molecule has 0 unspecified atom stereocenters. The Morgan fingerprint density at radius 2 is 1.96 bits per heavy atom. The van der Waals surface area contributed by atoms with Gasteiger partial charge in [-0.25, -0.2) is 4.79 Å². The van der Waals surface area contributed by atoms with Crippen molar-refractivity contribution in [3.63, 3.8) is 0 Å². The second kappa shape index (κ2) is 9.09. The molecule has 0 bridgehead atoms. The van der Waals surface area contributed by atoms with E-state index >= 15 is 0 Å². The zero-order valence-electron chi connectivity index (χ0n) is 14.1. The molecule has 2 N–H and O–H groups in total. The van der Waals surface area contributed by atoms with E-state index in [4.69, 9.17) is 4.74 Å². The van der Waals surface area contributed by atoms with E-state index in [0.717, 1.165) is 51.4 Å². The Hall–Kier alpha value is -2.52. The number of ether oxygens (including phenoxy) is 2. The fourth-order valence-electron chi connectivity index (χ4n) is 2.64. The van der Waals surface area contributed by atoms with E-state index in [1.165, 1.54) is 18.1 Å². The van der Waals surface area contributed by atoms with Gasteiger partial charge in [0.15, 0.2) is 0 Å². The molecule has 25 heavy (non-hydrogen) atoms. The largest absolute Gasteiger partial charge is 0.465 e. The van der Waals surface area contributed by atoms with Gasteiger partial charge >= 0.3 is 5.97 Å². The van der Waals surface area contributed by atoms with E-state index in [-0.39, 0.29) is 16.8 Å². The number of methoxy groups -OCH3 is 1. The SMILES string of the molecule is COC(=O)c1cc(C(=O)NCCC[NH+]2CCOCC2)cc([N+](=O)[O-])c1. The van der Waals surface area contributed by atoms with E-state index in [0.29, 0.717) is 6.54 Å². The van der Waals surface area contributed by atoms with Gasteiger partial charge in [-0.1, -0.05) is 0 Å². The number of quaternary nitrogens is 1. The molecule has 1 fully saturated rings. The molecule has 1 aliphatic rings. The second-order valence-corrected chi connectivity index (χ2v) is 5.74. The molecule has 9 heteroatoms. The summed E-state index contributed by atoms with van der Waals surface area (Å²) in [5, 5.41) is 13.7. The Morgan fingerprint density at radius 3 is 2.60 bits per heavy atom. The number of nitrogens with one attached hydrogen (secondary N) is 2. The summed E-state index contributed by atoms with van der Waals surface area (Å²) < 4.78 is 9.85. The van der Waals surface area contributed by atoms with Crippen LogP contribution in [0.2, 0.25) is 0 Å². The number of carbonyl (C=O) groups is 2. The summed E-state index contributed by atoms with van der Waals surface area (Å²) in [5.74, 6) is -1.18. The van der Waals surface area contributed by atoms with Gasteiger partial charge < -0.3 is 19.7 Å². The molecule has 0 aromatic heterocycles. The van der Waals surface area contributed by atoms with Crippen molar-refractivity contribution in [1.29, 1.82) is 0 Å². The van der Waals surface area contributed by atoms with Crippen LogP contribution in [0.25, 0.3) is 0 Å². The molecule has 0 radical (unpaired) electrons. The van der Waals surface area contributed by atoms with Crippen LogP contribution >= 0.6 is 0 Å². The van der Waals surface area contributed by atoms with Crippen LogP contribution in [-0.2, 0) is 9.47 Å². The molecule has 2 rings (SSSR count). The molecule has 1 amide bonds. The Bertz CT molecular complexity index is 643. The number of morpholine rings is 1. The van der Waals surface area contributed by atoms with E-state index in [2.05, 4.69) is 10.1 Å². The number of nitrogens with zero attached hydrogens (tertiary/aromatic N) is 1. The van der Waals surface area contributed by atoms with E-state index in [1.807, 2.05) is 0 Å². The van der Waals surface area contributed by atoms with Crippen molar-refractivity contribution >= 4 is 17.6 Å². The van der Waals surface area contributed by atoms with Crippen LogP contribution in [-0.4, -0.2) is 63.3 Å². The summed E-state index contributed by atoms with van der Waals surface area (Å²) in [7, 11) is 1.18. The Labute approximate surface area is 145 Å². The maximum Gasteiger partial charge on any atom is 0.338 e. The number of rotatable bonds is 7. The minimum atomic E-state index is -0.728. The number of hydrogen-bond acceptors (Lipinski definition) is 6. The number of hydrogen-bond donors (Lipinski definition) is 2. The standard InChI is InChI=1S/C16H21N3O6/c1-24-16(21)13-9-12(10-14(11-13)19(22)23)15(20)17-3-2-4-18-5-7-25-8-6-18/h9-11H,2-8H2,1H3,(H,17,20)/p+1. The number of non-ortho nitro benzene ring substituents is 1. The number of benzene rings is 1.